The van der Waals surface area contributed by atoms with Gasteiger partial charge in [0.15, 0.2) is 10.6 Å². The van der Waals surface area contributed by atoms with Crippen LogP contribution in [0.1, 0.15) is 16.0 Å². The van der Waals surface area contributed by atoms with Crippen LogP contribution in [0.15, 0.2) is 77.7 Å². The Balaban J connectivity index is 1.39. The third kappa shape index (κ3) is 4.15. The highest BCUT2D eigenvalue weighted by atomic mass is 32.1. The molecule has 1 amide bonds. The second-order valence-corrected chi connectivity index (χ2v) is 9.00. The molecule has 1 N–H and O–H groups in total. The highest BCUT2D eigenvalue weighted by molar-refractivity contribution is 7.15. The number of halogens is 1. The Bertz CT molecular complexity index is 1510. The van der Waals surface area contributed by atoms with Crippen molar-refractivity contribution in [2.45, 2.75) is 19.9 Å². The molecule has 2 aromatic heterocycles. The SMILES string of the molecule is Cc1ccc(Cc2cnc(NC(=O)Cn3c4ccccc4c(=O)c4ccccc43)s2)cc1F. The molecule has 164 valence electrons. The number of nitrogens with one attached hydrogen (secondary N) is 1. The van der Waals surface area contributed by atoms with Crippen LogP contribution in [0.5, 0.6) is 0 Å². The number of nitrogens with zero attached hydrogens (tertiary/aromatic N) is 2. The number of benzene rings is 3. The van der Waals surface area contributed by atoms with Crippen LogP contribution in [0.2, 0.25) is 0 Å². The first-order valence-corrected chi connectivity index (χ1v) is 11.3. The van der Waals surface area contributed by atoms with Crippen molar-refractivity contribution >= 4 is 44.2 Å². The van der Waals surface area contributed by atoms with Crippen molar-refractivity contribution in [3.8, 4) is 0 Å². The molecule has 0 saturated carbocycles. The fourth-order valence-electron chi connectivity index (χ4n) is 3.94. The van der Waals surface area contributed by atoms with Crippen LogP contribution in [-0.2, 0) is 17.8 Å². The zero-order chi connectivity index (χ0) is 22.9. The summed E-state index contributed by atoms with van der Waals surface area (Å²) in [5, 5.41) is 4.49. The quantitative estimate of drug-likeness (QED) is 0.365. The lowest BCUT2D eigenvalue weighted by atomic mass is 10.1. The van der Waals surface area contributed by atoms with E-state index in [9.17, 15) is 14.0 Å². The van der Waals surface area contributed by atoms with Crippen LogP contribution < -0.4 is 10.7 Å². The molecule has 0 unspecified atom stereocenters. The number of para-hydroxylation sites is 2. The third-order valence-electron chi connectivity index (χ3n) is 5.60. The number of fused-ring (bicyclic) bond motifs is 2. The molecule has 5 rings (SSSR count). The number of aromatic nitrogens is 2. The lowest BCUT2D eigenvalue weighted by Crippen LogP contribution is -2.21. The van der Waals surface area contributed by atoms with Crippen molar-refractivity contribution in [2.24, 2.45) is 0 Å². The van der Waals surface area contributed by atoms with Crippen LogP contribution in [0, 0.1) is 12.7 Å². The molecule has 0 saturated heterocycles. The van der Waals surface area contributed by atoms with E-state index < -0.39 is 0 Å². The monoisotopic (exact) mass is 457 g/mol. The maximum absolute atomic E-state index is 13.8. The Hall–Kier alpha value is -3.84. The van der Waals surface area contributed by atoms with E-state index in [2.05, 4.69) is 10.3 Å². The highest BCUT2D eigenvalue weighted by Crippen LogP contribution is 2.23. The molecular formula is C26H20FN3O2S. The molecule has 0 aliphatic rings. The Morgan fingerprint density at radius 2 is 1.70 bits per heavy atom. The van der Waals surface area contributed by atoms with E-state index in [-0.39, 0.29) is 23.7 Å². The lowest BCUT2D eigenvalue weighted by Gasteiger charge is -2.14. The molecule has 33 heavy (non-hydrogen) atoms. The van der Waals surface area contributed by atoms with Gasteiger partial charge in [-0.1, -0.05) is 36.4 Å². The minimum Gasteiger partial charge on any atom is -0.331 e. The predicted molar refractivity (Wildman–Crippen MR) is 130 cm³/mol. The Kier molecular flexibility index (Phi) is 5.48. The minimum atomic E-state index is -0.240. The standard InChI is InChI=1S/C26H20FN3O2S/c1-16-10-11-17(13-21(16)27)12-18-14-28-26(33-18)29-24(31)15-30-22-8-4-2-6-19(22)25(32)20-7-3-5-9-23(20)30/h2-11,13-14H,12,15H2,1H3,(H,28,29,31). The fourth-order valence-corrected chi connectivity index (χ4v) is 4.81. The zero-order valence-electron chi connectivity index (χ0n) is 17.8. The normalized spacial score (nSPS) is 11.2. The second kappa shape index (κ2) is 8.60. The number of hydrogen-bond acceptors (Lipinski definition) is 4. The van der Waals surface area contributed by atoms with Gasteiger partial charge in [-0.25, -0.2) is 9.37 Å². The number of aryl methyl sites for hydroxylation is 1. The molecule has 5 nitrogen and oxygen atoms in total. The summed E-state index contributed by atoms with van der Waals surface area (Å²) < 4.78 is 15.7. The number of carbonyl (C=O) groups is 1. The first-order valence-electron chi connectivity index (χ1n) is 10.5. The van der Waals surface area contributed by atoms with E-state index >= 15 is 0 Å². The molecule has 5 aromatic rings. The number of hydrogen-bond donors (Lipinski definition) is 1. The molecule has 0 bridgehead atoms. The summed E-state index contributed by atoms with van der Waals surface area (Å²) in [4.78, 5) is 31.0. The highest BCUT2D eigenvalue weighted by Gasteiger charge is 2.14. The maximum Gasteiger partial charge on any atom is 0.246 e. The van der Waals surface area contributed by atoms with Gasteiger partial charge in [-0.05, 0) is 48.4 Å². The van der Waals surface area contributed by atoms with E-state index in [1.807, 2.05) is 47.0 Å². The van der Waals surface area contributed by atoms with Gasteiger partial charge in [0.25, 0.3) is 0 Å². The average molecular weight is 458 g/mol. The van der Waals surface area contributed by atoms with E-state index in [1.54, 1.807) is 31.3 Å². The van der Waals surface area contributed by atoms with Crippen LogP contribution in [0.4, 0.5) is 9.52 Å². The largest absolute Gasteiger partial charge is 0.331 e. The first kappa shape index (κ1) is 21.0. The lowest BCUT2D eigenvalue weighted by molar-refractivity contribution is -0.116. The topological polar surface area (TPSA) is 64.0 Å². The van der Waals surface area contributed by atoms with Crippen LogP contribution in [0.25, 0.3) is 21.8 Å². The van der Waals surface area contributed by atoms with Gasteiger partial charge in [0.05, 0.1) is 11.0 Å². The molecule has 7 heteroatoms. The summed E-state index contributed by atoms with van der Waals surface area (Å²) in [6, 6.07) is 19.8. The minimum absolute atomic E-state index is 0.0411. The number of rotatable bonds is 5. The van der Waals surface area contributed by atoms with Crippen molar-refractivity contribution in [1.29, 1.82) is 0 Å². The van der Waals surface area contributed by atoms with Gasteiger partial charge >= 0.3 is 0 Å². The molecule has 0 aliphatic heterocycles. The number of thiazole rings is 1. The summed E-state index contributed by atoms with van der Waals surface area (Å²) in [6.45, 7) is 1.77. The molecule has 0 spiro atoms. The Labute approximate surface area is 193 Å². The van der Waals surface area contributed by atoms with Crippen molar-refractivity contribution in [2.75, 3.05) is 5.32 Å². The summed E-state index contributed by atoms with van der Waals surface area (Å²) in [7, 11) is 0. The van der Waals surface area contributed by atoms with E-state index in [1.165, 1.54) is 17.4 Å². The molecule has 2 heterocycles. The van der Waals surface area contributed by atoms with Gasteiger partial charge < -0.3 is 9.88 Å². The predicted octanol–water partition coefficient (Wildman–Crippen LogP) is 5.29. The van der Waals surface area contributed by atoms with E-state index in [0.717, 1.165) is 10.4 Å². The maximum atomic E-state index is 13.8. The summed E-state index contributed by atoms with van der Waals surface area (Å²) in [6.07, 6.45) is 2.24. The molecule has 0 aliphatic carbocycles. The van der Waals surface area contributed by atoms with Crippen molar-refractivity contribution < 1.29 is 9.18 Å². The smallest absolute Gasteiger partial charge is 0.246 e. The third-order valence-corrected chi connectivity index (χ3v) is 6.51. The Morgan fingerprint density at radius 3 is 2.36 bits per heavy atom. The first-order chi connectivity index (χ1) is 16.0. The van der Waals surface area contributed by atoms with Crippen molar-refractivity contribution in [3.05, 3.63) is 105 Å². The molecule has 0 atom stereocenters. The number of pyridine rings is 1. The fraction of sp³-hybridized carbons (Fsp3) is 0.115. The van der Waals surface area contributed by atoms with Crippen LogP contribution in [0.3, 0.4) is 0 Å². The number of amides is 1. The van der Waals surface area contributed by atoms with Gasteiger partial charge in [-0.15, -0.1) is 11.3 Å². The Morgan fingerprint density at radius 1 is 1.03 bits per heavy atom. The van der Waals surface area contributed by atoms with Gasteiger partial charge in [0, 0.05) is 28.3 Å². The van der Waals surface area contributed by atoms with Gasteiger partial charge in [0.2, 0.25) is 5.91 Å². The average Bonchev–Trinajstić information content (AvgIpc) is 3.25. The van der Waals surface area contributed by atoms with Crippen molar-refractivity contribution in [1.82, 2.24) is 9.55 Å². The number of anilines is 1. The van der Waals surface area contributed by atoms with Gasteiger partial charge in [0.1, 0.15) is 12.4 Å². The summed E-state index contributed by atoms with van der Waals surface area (Å²) >= 11 is 1.36. The van der Waals surface area contributed by atoms with Crippen molar-refractivity contribution in [3.63, 3.8) is 0 Å². The molecule has 3 aromatic carbocycles. The summed E-state index contributed by atoms with van der Waals surface area (Å²) in [5.74, 6) is -0.470. The molecular weight excluding hydrogens is 437 g/mol. The van der Waals surface area contributed by atoms with Crippen LogP contribution >= 0.6 is 11.3 Å². The number of carbonyl (C=O) groups excluding carboxylic acids is 1. The second-order valence-electron chi connectivity index (χ2n) is 7.89. The molecule has 0 radical (unpaired) electrons. The van der Waals surface area contributed by atoms with E-state index in [0.29, 0.717) is 38.9 Å². The van der Waals surface area contributed by atoms with E-state index in [4.69, 9.17) is 0 Å². The van der Waals surface area contributed by atoms with Gasteiger partial charge in [-0.2, -0.15) is 0 Å². The zero-order valence-corrected chi connectivity index (χ0v) is 18.7. The molecule has 0 fully saturated rings. The summed E-state index contributed by atoms with van der Waals surface area (Å²) in [5.41, 5.74) is 2.83. The van der Waals surface area contributed by atoms with Gasteiger partial charge in [-0.3, -0.25) is 9.59 Å². The van der Waals surface area contributed by atoms with Crippen LogP contribution in [-0.4, -0.2) is 15.5 Å².